The van der Waals surface area contributed by atoms with Crippen LogP contribution in [0.15, 0.2) is 51.7 Å². The highest BCUT2D eigenvalue weighted by molar-refractivity contribution is 6.31. The molecule has 3 aromatic rings. The van der Waals surface area contributed by atoms with E-state index in [1.807, 2.05) is 0 Å². The van der Waals surface area contributed by atoms with Crippen LogP contribution in [0.4, 0.5) is 18.9 Å². The van der Waals surface area contributed by atoms with Gasteiger partial charge in [0, 0.05) is 16.8 Å². The number of carbonyl (C=O) groups is 1. The zero-order chi connectivity index (χ0) is 18.9. The van der Waals surface area contributed by atoms with Gasteiger partial charge in [0.2, 0.25) is 5.91 Å². The maximum Gasteiger partial charge on any atom is 0.573 e. The summed E-state index contributed by atoms with van der Waals surface area (Å²) in [5, 5.41) is 2.85. The second kappa shape index (κ2) is 6.75. The fourth-order valence-corrected chi connectivity index (χ4v) is 2.44. The van der Waals surface area contributed by atoms with Gasteiger partial charge >= 0.3 is 12.1 Å². The van der Waals surface area contributed by atoms with Gasteiger partial charge in [0.05, 0.1) is 5.52 Å². The Morgan fingerprint density at radius 2 is 1.88 bits per heavy atom. The second-order valence-corrected chi connectivity index (χ2v) is 5.62. The number of hydrogen-bond donors (Lipinski definition) is 1. The van der Waals surface area contributed by atoms with E-state index >= 15 is 0 Å². The number of hydrogen-bond acceptors (Lipinski definition) is 4. The van der Waals surface area contributed by atoms with Crippen LogP contribution in [-0.4, -0.2) is 16.8 Å². The molecule has 6 nitrogen and oxygen atoms in total. The molecule has 3 rings (SSSR count). The van der Waals surface area contributed by atoms with Crippen LogP contribution < -0.4 is 15.8 Å². The minimum atomic E-state index is -4.79. The van der Waals surface area contributed by atoms with E-state index in [9.17, 15) is 22.8 Å². The number of nitrogens with zero attached hydrogens (tertiary/aromatic N) is 1. The Morgan fingerprint density at radius 1 is 1.19 bits per heavy atom. The number of carbonyl (C=O) groups excluding carboxylic acids is 1. The molecule has 0 aliphatic rings. The number of amides is 1. The number of ether oxygens (including phenoxy) is 1. The fourth-order valence-electron chi connectivity index (χ4n) is 2.27. The Kier molecular flexibility index (Phi) is 4.64. The summed E-state index contributed by atoms with van der Waals surface area (Å²) in [5.74, 6) is -1.70. The fraction of sp³-hybridized carbons (Fsp3) is 0.125. The van der Waals surface area contributed by atoms with E-state index in [1.165, 1.54) is 18.2 Å². The lowest BCUT2D eigenvalue weighted by Gasteiger charge is -2.10. The first kappa shape index (κ1) is 17.9. The molecular formula is C16H10ClF3N2O4. The van der Waals surface area contributed by atoms with Crippen molar-refractivity contribution in [3.8, 4) is 5.75 Å². The summed E-state index contributed by atoms with van der Waals surface area (Å²) in [7, 11) is 0. The lowest BCUT2D eigenvalue weighted by Crippen LogP contribution is -2.24. The van der Waals surface area contributed by atoms with Crippen molar-refractivity contribution in [1.82, 2.24) is 4.57 Å². The highest BCUT2D eigenvalue weighted by Crippen LogP contribution is 2.24. The van der Waals surface area contributed by atoms with Crippen molar-refractivity contribution < 1.29 is 27.1 Å². The first-order valence-electron chi connectivity index (χ1n) is 7.16. The molecule has 26 heavy (non-hydrogen) atoms. The summed E-state index contributed by atoms with van der Waals surface area (Å²) in [6, 6.07) is 9.15. The van der Waals surface area contributed by atoms with E-state index in [2.05, 4.69) is 10.1 Å². The van der Waals surface area contributed by atoms with E-state index in [4.69, 9.17) is 16.0 Å². The largest absolute Gasteiger partial charge is 0.573 e. The average Bonchev–Trinajstić information content (AvgIpc) is 2.83. The Labute approximate surface area is 148 Å². The smallest absolute Gasteiger partial charge is 0.408 e. The third-order valence-electron chi connectivity index (χ3n) is 3.30. The van der Waals surface area contributed by atoms with Gasteiger partial charge in [0.15, 0.2) is 5.58 Å². The standard InChI is InChI=1S/C16H10ClF3N2O4/c17-9-1-6-12-13(7-9)25-15(24)22(12)8-14(23)21-10-2-4-11(5-3-10)26-16(18,19)20/h1-7H,8H2,(H,21,23). The molecule has 1 heterocycles. The quantitative estimate of drug-likeness (QED) is 0.740. The van der Waals surface area contributed by atoms with Gasteiger partial charge in [-0.25, -0.2) is 4.79 Å². The normalized spacial score (nSPS) is 11.5. The number of benzene rings is 2. The third kappa shape index (κ3) is 4.17. The first-order chi connectivity index (χ1) is 12.2. The second-order valence-electron chi connectivity index (χ2n) is 5.19. The molecule has 0 aliphatic carbocycles. The molecular weight excluding hydrogens is 377 g/mol. The summed E-state index contributed by atoms with van der Waals surface area (Å²) in [6.07, 6.45) is -4.79. The number of anilines is 1. The van der Waals surface area contributed by atoms with Crippen LogP contribution in [0.1, 0.15) is 0 Å². The van der Waals surface area contributed by atoms with Crippen LogP contribution in [-0.2, 0) is 11.3 Å². The number of aromatic nitrogens is 1. The molecule has 136 valence electrons. The zero-order valence-corrected chi connectivity index (χ0v) is 13.6. The third-order valence-corrected chi connectivity index (χ3v) is 3.54. The predicted octanol–water partition coefficient (Wildman–Crippen LogP) is 3.79. The van der Waals surface area contributed by atoms with Gasteiger partial charge in [-0.1, -0.05) is 11.6 Å². The van der Waals surface area contributed by atoms with E-state index in [0.29, 0.717) is 10.5 Å². The summed E-state index contributed by atoms with van der Waals surface area (Å²) in [6.45, 7) is -0.339. The van der Waals surface area contributed by atoms with Gasteiger partial charge in [0.1, 0.15) is 12.3 Å². The highest BCUT2D eigenvalue weighted by atomic mass is 35.5. The van der Waals surface area contributed by atoms with Gasteiger partial charge in [-0.3, -0.25) is 9.36 Å². The van der Waals surface area contributed by atoms with E-state index in [0.717, 1.165) is 16.7 Å². The summed E-state index contributed by atoms with van der Waals surface area (Å²) >= 11 is 5.81. The predicted molar refractivity (Wildman–Crippen MR) is 87.2 cm³/mol. The lowest BCUT2D eigenvalue weighted by molar-refractivity contribution is -0.274. The molecule has 0 spiro atoms. The van der Waals surface area contributed by atoms with Crippen LogP contribution in [0.3, 0.4) is 0 Å². The van der Waals surface area contributed by atoms with Gasteiger partial charge in [-0.2, -0.15) is 0 Å². The summed E-state index contributed by atoms with van der Waals surface area (Å²) < 4.78 is 46.2. The first-order valence-corrected chi connectivity index (χ1v) is 7.54. The number of nitrogens with one attached hydrogen (secondary N) is 1. The topological polar surface area (TPSA) is 73.5 Å². The molecule has 1 N–H and O–H groups in total. The van der Waals surface area contributed by atoms with E-state index in [1.54, 1.807) is 12.1 Å². The van der Waals surface area contributed by atoms with Gasteiger partial charge < -0.3 is 14.5 Å². The van der Waals surface area contributed by atoms with Crippen LogP contribution in [0.5, 0.6) is 5.75 Å². The molecule has 2 aromatic carbocycles. The maximum atomic E-state index is 12.1. The van der Waals surface area contributed by atoms with Crippen molar-refractivity contribution in [2.45, 2.75) is 12.9 Å². The zero-order valence-electron chi connectivity index (χ0n) is 12.8. The Hall–Kier alpha value is -2.94. The molecule has 0 fully saturated rings. The van der Waals surface area contributed by atoms with Crippen LogP contribution >= 0.6 is 11.6 Å². The average molecular weight is 387 g/mol. The molecule has 0 radical (unpaired) electrons. The van der Waals surface area contributed by atoms with E-state index < -0.39 is 23.8 Å². The molecule has 1 amide bonds. The van der Waals surface area contributed by atoms with Gasteiger partial charge in [-0.15, -0.1) is 13.2 Å². The molecule has 1 aromatic heterocycles. The number of fused-ring (bicyclic) bond motifs is 1. The minimum absolute atomic E-state index is 0.240. The minimum Gasteiger partial charge on any atom is -0.408 e. The molecule has 10 heteroatoms. The molecule has 0 aliphatic heterocycles. The monoisotopic (exact) mass is 386 g/mol. The number of rotatable bonds is 4. The van der Waals surface area contributed by atoms with Gasteiger partial charge in [-0.05, 0) is 36.4 Å². The number of halogens is 4. The molecule has 0 unspecified atom stereocenters. The molecule has 0 atom stereocenters. The van der Waals surface area contributed by atoms with Crippen molar-refractivity contribution in [3.63, 3.8) is 0 Å². The summed E-state index contributed by atoms with van der Waals surface area (Å²) in [4.78, 5) is 24.0. The SMILES string of the molecule is O=C(Cn1c(=O)oc2cc(Cl)ccc21)Nc1ccc(OC(F)(F)F)cc1. The number of oxazole rings is 1. The summed E-state index contributed by atoms with van der Waals surface area (Å²) in [5.41, 5.74) is 0.876. The number of alkyl halides is 3. The van der Waals surface area contributed by atoms with Crippen LogP contribution in [0.25, 0.3) is 11.1 Å². The molecule has 0 saturated carbocycles. The van der Waals surface area contributed by atoms with Crippen molar-refractivity contribution >= 4 is 34.3 Å². The van der Waals surface area contributed by atoms with Crippen LogP contribution in [0.2, 0.25) is 5.02 Å². The van der Waals surface area contributed by atoms with E-state index in [-0.39, 0.29) is 17.8 Å². The van der Waals surface area contributed by atoms with Crippen molar-refractivity contribution in [2.24, 2.45) is 0 Å². The van der Waals surface area contributed by atoms with Crippen LogP contribution in [0, 0.1) is 0 Å². The van der Waals surface area contributed by atoms with Gasteiger partial charge in [0.25, 0.3) is 0 Å². The Bertz CT molecular complexity index is 1010. The highest BCUT2D eigenvalue weighted by Gasteiger charge is 2.30. The lowest BCUT2D eigenvalue weighted by atomic mass is 10.3. The Morgan fingerprint density at radius 3 is 2.54 bits per heavy atom. The van der Waals surface area contributed by atoms with Crippen molar-refractivity contribution in [3.05, 3.63) is 58.0 Å². The van der Waals surface area contributed by atoms with Crippen molar-refractivity contribution in [2.75, 3.05) is 5.32 Å². The van der Waals surface area contributed by atoms with Crippen molar-refractivity contribution in [1.29, 1.82) is 0 Å². The molecule has 0 saturated heterocycles. The molecule has 0 bridgehead atoms. The maximum absolute atomic E-state index is 12.1. The Balaban J connectivity index is 1.71.